The van der Waals surface area contributed by atoms with E-state index in [0.29, 0.717) is 17.9 Å². The zero-order valence-electron chi connectivity index (χ0n) is 11.3. The third-order valence-electron chi connectivity index (χ3n) is 3.43. The topological polar surface area (TPSA) is 90.2 Å². The fourth-order valence-corrected chi connectivity index (χ4v) is 2.42. The van der Waals surface area contributed by atoms with E-state index in [0.717, 1.165) is 0 Å². The van der Waals surface area contributed by atoms with Crippen molar-refractivity contribution in [2.45, 2.75) is 6.42 Å². The molecule has 108 valence electrons. The van der Waals surface area contributed by atoms with Gasteiger partial charge in [0.25, 0.3) is 0 Å². The van der Waals surface area contributed by atoms with Gasteiger partial charge in [0.1, 0.15) is 6.33 Å². The lowest BCUT2D eigenvalue weighted by atomic mass is 10.1. The van der Waals surface area contributed by atoms with Crippen LogP contribution in [0.25, 0.3) is 5.69 Å². The minimum absolute atomic E-state index is 0.120. The van der Waals surface area contributed by atoms with Crippen molar-refractivity contribution in [2.24, 2.45) is 5.92 Å². The summed E-state index contributed by atoms with van der Waals surface area (Å²) in [4.78, 5) is 25.4. The number of aromatic nitrogens is 4. The number of carbonyl (C=O) groups is 2. The highest BCUT2D eigenvalue weighted by Gasteiger charge is 2.36. The Bertz CT molecular complexity index is 670. The normalized spacial score (nSPS) is 18.0. The number of hydrogen-bond donors (Lipinski definition) is 0. The number of nitrogens with zero attached hydrogens (tertiary/aromatic N) is 5. The molecule has 2 heterocycles. The third kappa shape index (κ3) is 2.35. The molecule has 8 heteroatoms. The Balaban J connectivity index is 1.95. The van der Waals surface area contributed by atoms with Gasteiger partial charge in [-0.15, -0.1) is 5.10 Å². The molecule has 1 atom stereocenters. The summed E-state index contributed by atoms with van der Waals surface area (Å²) in [7, 11) is 1.32. The summed E-state index contributed by atoms with van der Waals surface area (Å²) in [5.41, 5.74) is 1.35. The minimum Gasteiger partial charge on any atom is -0.469 e. The van der Waals surface area contributed by atoms with Gasteiger partial charge in [-0.3, -0.25) is 9.59 Å². The molecule has 1 amide bonds. The summed E-state index contributed by atoms with van der Waals surface area (Å²) in [6, 6.07) is 7.26. The molecule has 0 N–H and O–H groups in total. The summed E-state index contributed by atoms with van der Waals surface area (Å²) >= 11 is 0. The Labute approximate surface area is 120 Å². The van der Waals surface area contributed by atoms with Crippen molar-refractivity contribution in [1.29, 1.82) is 0 Å². The lowest BCUT2D eigenvalue weighted by Gasteiger charge is -2.19. The van der Waals surface area contributed by atoms with E-state index in [4.69, 9.17) is 4.74 Å². The minimum atomic E-state index is -0.440. The molecular formula is C13H13N5O3. The molecule has 2 aromatic rings. The number of anilines is 1. The van der Waals surface area contributed by atoms with Crippen LogP contribution in [0.3, 0.4) is 0 Å². The van der Waals surface area contributed by atoms with Crippen LogP contribution in [-0.4, -0.2) is 45.7 Å². The molecule has 1 saturated heterocycles. The van der Waals surface area contributed by atoms with Crippen molar-refractivity contribution in [3.8, 4) is 5.69 Å². The Morgan fingerprint density at radius 2 is 2.10 bits per heavy atom. The second-order valence-electron chi connectivity index (χ2n) is 4.67. The van der Waals surface area contributed by atoms with Crippen LogP contribution in [0.1, 0.15) is 6.42 Å². The van der Waals surface area contributed by atoms with E-state index in [-0.39, 0.29) is 18.3 Å². The molecule has 0 aliphatic carbocycles. The Kier molecular flexibility index (Phi) is 3.35. The largest absolute Gasteiger partial charge is 0.469 e. The maximum absolute atomic E-state index is 12.2. The number of hydrogen-bond acceptors (Lipinski definition) is 6. The number of carbonyl (C=O) groups excluding carboxylic acids is 2. The van der Waals surface area contributed by atoms with Gasteiger partial charge in [0.2, 0.25) is 5.91 Å². The van der Waals surface area contributed by atoms with Gasteiger partial charge in [0.05, 0.1) is 24.4 Å². The predicted molar refractivity (Wildman–Crippen MR) is 71.6 cm³/mol. The molecule has 1 fully saturated rings. The van der Waals surface area contributed by atoms with Crippen molar-refractivity contribution in [3.05, 3.63) is 30.6 Å². The van der Waals surface area contributed by atoms with Crippen LogP contribution in [0.4, 0.5) is 5.69 Å². The van der Waals surface area contributed by atoms with Gasteiger partial charge in [-0.2, -0.15) is 4.68 Å². The predicted octanol–water partition coefficient (Wildman–Crippen LogP) is 0.188. The lowest BCUT2D eigenvalue weighted by Crippen LogP contribution is -2.27. The molecule has 1 aromatic carbocycles. The average Bonchev–Trinajstić information content (AvgIpc) is 3.16. The number of ether oxygens (including phenoxy) is 1. The number of benzene rings is 1. The molecule has 21 heavy (non-hydrogen) atoms. The number of para-hydroxylation sites is 2. The van der Waals surface area contributed by atoms with Crippen LogP contribution in [0.5, 0.6) is 0 Å². The van der Waals surface area contributed by atoms with Crippen LogP contribution in [0, 0.1) is 5.92 Å². The lowest BCUT2D eigenvalue weighted by molar-refractivity contribution is -0.145. The van der Waals surface area contributed by atoms with E-state index >= 15 is 0 Å². The first-order chi connectivity index (χ1) is 10.2. The fraction of sp³-hybridized carbons (Fsp3) is 0.308. The SMILES string of the molecule is COC(=O)C1CC(=O)N(c2ccccc2-n2cnnn2)C1. The number of amides is 1. The number of tetrazole rings is 1. The summed E-state index contributed by atoms with van der Waals surface area (Å²) in [6.07, 6.45) is 1.60. The highest BCUT2D eigenvalue weighted by atomic mass is 16.5. The van der Waals surface area contributed by atoms with E-state index in [2.05, 4.69) is 15.5 Å². The second kappa shape index (κ2) is 5.31. The summed E-state index contributed by atoms with van der Waals surface area (Å²) in [5, 5.41) is 11.0. The smallest absolute Gasteiger partial charge is 0.311 e. The molecule has 8 nitrogen and oxygen atoms in total. The van der Waals surface area contributed by atoms with Gasteiger partial charge < -0.3 is 9.64 Å². The van der Waals surface area contributed by atoms with E-state index in [1.54, 1.807) is 11.0 Å². The van der Waals surface area contributed by atoms with Crippen molar-refractivity contribution in [1.82, 2.24) is 20.2 Å². The second-order valence-corrected chi connectivity index (χ2v) is 4.67. The van der Waals surface area contributed by atoms with Crippen LogP contribution in [0.2, 0.25) is 0 Å². The van der Waals surface area contributed by atoms with E-state index in [1.165, 1.54) is 18.1 Å². The third-order valence-corrected chi connectivity index (χ3v) is 3.43. The monoisotopic (exact) mass is 287 g/mol. The van der Waals surface area contributed by atoms with Crippen LogP contribution in [0.15, 0.2) is 30.6 Å². The number of esters is 1. The number of methoxy groups -OCH3 is 1. The molecule has 1 unspecified atom stereocenters. The standard InChI is InChI=1S/C13H13N5O3/c1-21-13(20)9-6-12(19)17(7-9)10-4-2-3-5-11(10)18-8-14-15-16-18/h2-5,8-9H,6-7H2,1H3. The molecule has 1 aromatic heterocycles. The van der Waals surface area contributed by atoms with Crippen LogP contribution < -0.4 is 4.90 Å². The molecule has 1 aliphatic rings. The molecule has 0 bridgehead atoms. The molecule has 1 aliphatic heterocycles. The number of rotatable bonds is 3. The fourth-order valence-electron chi connectivity index (χ4n) is 2.42. The van der Waals surface area contributed by atoms with Crippen molar-refractivity contribution in [3.63, 3.8) is 0 Å². The van der Waals surface area contributed by atoms with E-state index in [1.807, 2.05) is 18.2 Å². The average molecular weight is 287 g/mol. The first-order valence-corrected chi connectivity index (χ1v) is 6.41. The summed E-state index contributed by atoms with van der Waals surface area (Å²) in [5.74, 6) is -0.930. The molecular weight excluding hydrogens is 274 g/mol. The van der Waals surface area contributed by atoms with Crippen molar-refractivity contribution in [2.75, 3.05) is 18.6 Å². The van der Waals surface area contributed by atoms with Gasteiger partial charge in [-0.1, -0.05) is 12.1 Å². The van der Waals surface area contributed by atoms with Gasteiger partial charge in [-0.25, -0.2) is 0 Å². The van der Waals surface area contributed by atoms with Crippen LogP contribution in [-0.2, 0) is 14.3 Å². The van der Waals surface area contributed by atoms with Crippen molar-refractivity contribution < 1.29 is 14.3 Å². The quantitative estimate of drug-likeness (QED) is 0.748. The van der Waals surface area contributed by atoms with Crippen molar-refractivity contribution >= 4 is 17.6 Å². The Morgan fingerprint density at radius 1 is 1.33 bits per heavy atom. The summed E-state index contributed by atoms with van der Waals surface area (Å²) < 4.78 is 6.19. The maximum atomic E-state index is 12.2. The Morgan fingerprint density at radius 3 is 2.76 bits per heavy atom. The molecule has 3 rings (SSSR count). The molecule has 0 radical (unpaired) electrons. The van der Waals surface area contributed by atoms with Gasteiger partial charge in [0, 0.05) is 13.0 Å². The maximum Gasteiger partial charge on any atom is 0.311 e. The summed E-state index contributed by atoms with van der Waals surface area (Å²) in [6.45, 7) is 0.296. The Hall–Kier alpha value is -2.77. The zero-order valence-corrected chi connectivity index (χ0v) is 11.3. The van der Waals surface area contributed by atoms with E-state index in [9.17, 15) is 9.59 Å². The highest BCUT2D eigenvalue weighted by molar-refractivity contribution is 6.00. The molecule has 0 spiro atoms. The zero-order chi connectivity index (χ0) is 14.8. The van der Waals surface area contributed by atoms with E-state index < -0.39 is 5.92 Å². The molecule has 0 saturated carbocycles. The highest BCUT2D eigenvalue weighted by Crippen LogP contribution is 2.30. The van der Waals surface area contributed by atoms with Crippen LogP contribution >= 0.6 is 0 Å². The first-order valence-electron chi connectivity index (χ1n) is 6.41. The van der Waals surface area contributed by atoms with Gasteiger partial charge in [0.15, 0.2) is 0 Å². The first kappa shape index (κ1) is 13.2. The van der Waals surface area contributed by atoms with Gasteiger partial charge >= 0.3 is 5.97 Å². The van der Waals surface area contributed by atoms with Gasteiger partial charge in [-0.05, 0) is 22.6 Å².